The molecule has 1 heterocycles. The zero-order chi connectivity index (χ0) is 19.4. The Balaban J connectivity index is 1.67. The Kier molecular flexibility index (Phi) is 6.49. The number of halogens is 1. The van der Waals surface area contributed by atoms with Gasteiger partial charge in [-0.25, -0.2) is 4.39 Å². The van der Waals surface area contributed by atoms with E-state index in [1.54, 1.807) is 24.1 Å². The molecule has 1 saturated carbocycles. The number of carbonyl (C=O) groups excluding carboxylic acids is 1. The van der Waals surface area contributed by atoms with E-state index in [9.17, 15) is 17.6 Å². The summed E-state index contributed by atoms with van der Waals surface area (Å²) in [6.45, 7) is 1.30. The first-order valence-electron chi connectivity index (χ1n) is 9.68. The summed E-state index contributed by atoms with van der Waals surface area (Å²) in [5.41, 5.74) is 0.0353. The summed E-state index contributed by atoms with van der Waals surface area (Å²) < 4.78 is 42.9. The smallest absolute Gasteiger partial charge is 0.282 e. The molecule has 0 bridgehead atoms. The van der Waals surface area contributed by atoms with Gasteiger partial charge in [0.25, 0.3) is 16.1 Å². The molecule has 1 aromatic carbocycles. The first kappa shape index (κ1) is 20.2. The van der Waals surface area contributed by atoms with E-state index in [1.165, 1.54) is 27.2 Å². The van der Waals surface area contributed by atoms with Crippen LogP contribution in [0.1, 0.15) is 48.9 Å². The molecule has 1 aromatic rings. The molecule has 1 aliphatic heterocycles. The van der Waals surface area contributed by atoms with Gasteiger partial charge < -0.3 is 4.90 Å². The highest BCUT2D eigenvalue weighted by molar-refractivity contribution is 7.86. The molecule has 0 atom stereocenters. The SMILES string of the molecule is CN(C1CCCCC1)S(=O)(=O)N1CCCN(C(=O)c2ccccc2F)CC1. The highest BCUT2D eigenvalue weighted by Gasteiger charge is 2.34. The molecule has 8 heteroatoms. The number of hydrogen-bond donors (Lipinski definition) is 0. The minimum atomic E-state index is -3.55. The number of hydrogen-bond acceptors (Lipinski definition) is 3. The minimum absolute atomic E-state index is 0.0353. The Morgan fingerprint density at radius 1 is 1.04 bits per heavy atom. The van der Waals surface area contributed by atoms with Gasteiger partial charge in [0.15, 0.2) is 0 Å². The van der Waals surface area contributed by atoms with Gasteiger partial charge in [-0.3, -0.25) is 4.79 Å². The van der Waals surface area contributed by atoms with E-state index in [1.807, 2.05) is 0 Å². The molecule has 0 spiro atoms. The lowest BCUT2D eigenvalue weighted by molar-refractivity contribution is 0.0759. The van der Waals surface area contributed by atoms with Crippen molar-refractivity contribution in [2.75, 3.05) is 33.2 Å². The molecule has 2 aliphatic rings. The van der Waals surface area contributed by atoms with Crippen molar-refractivity contribution < 1.29 is 17.6 Å². The molecule has 27 heavy (non-hydrogen) atoms. The first-order chi connectivity index (χ1) is 12.9. The average molecular weight is 398 g/mol. The molecule has 150 valence electrons. The monoisotopic (exact) mass is 397 g/mol. The van der Waals surface area contributed by atoms with Crippen LogP contribution in [0, 0.1) is 5.82 Å². The standard InChI is InChI=1S/C19H28FN3O3S/c1-21(16-8-3-2-4-9-16)27(25,26)23-13-7-12-22(14-15-23)19(24)17-10-5-6-11-18(17)20/h5-6,10-11,16H,2-4,7-9,12-15H2,1H3. The Morgan fingerprint density at radius 3 is 2.44 bits per heavy atom. The van der Waals surface area contributed by atoms with Gasteiger partial charge in [0.1, 0.15) is 5.82 Å². The normalized spacial score (nSPS) is 20.6. The highest BCUT2D eigenvalue weighted by atomic mass is 32.2. The van der Waals surface area contributed by atoms with Gasteiger partial charge >= 0.3 is 0 Å². The van der Waals surface area contributed by atoms with Crippen LogP contribution in [-0.2, 0) is 10.2 Å². The lowest BCUT2D eigenvalue weighted by atomic mass is 9.96. The molecule has 1 amide bonds. The van der Waals surface area contributed by atoms with E-state index in [0.717, 1.165) is 25.7 Å². The molecule has 0 aromatic heterocycles. The number of carbonyl (C=O) groups is 1. The number of amides is 1. The van der Waals surface area contributed by atoms with Crippen molar-refractivity contribution in [2.24, 2.45) is 0 Å². The van der Waals surface area contributed by atoms with E-state index < -0.39 is 16.0 Å². The quantitative estimate of drug-likeness (QED) is 0.784. The van der Waals surface area contributed by atoms with Crippen molar-refractivity contribution >= 4 is 16.1 Å². The summed E-state index contributed by atoms with van der Waals surface area (Å²) in [5.74, 6) is -0.929. The molecular formula is C19H28FN3O3S. The fourth-order valence-corrected chi connectivity index (χ4v) is 5.57. The molecule has 2 fully saturated rings. The molecule has 1 aliphatic carbocycles. The van der Waals surface area contributed by atoms with Crippen LogP contribution in [0.2, 0.25) is 0 Å². The number of rotatable bonds is 4. The van der Waals surface area contributed by atoms with Crippen LogP contribution < -0.4 is 0 Å². The fraction of sp³-hybridized carbons (Fsp3) is 0.632. The summed E-state index contributed by atoms with van der Waals surface area (Å²) in [6, 6.07) is 5.96. The summed E-state index contributed by atoms with van der Waals surface area (Å²) >= 11 is 0. The van der Waals surface area contributed by atoms with Crippen molar-refractivity contribution in [3.05, 3.63) is 35.6 Å². The Morgan fingerprint density at radius 2 is 1.74 bits per heavy atom. The second kappa shape index (κ2) is 8.67. The van der Waals surface area contributed by atoms with Crippen LogP contribution in [0.25, 0.3) is 0 Å². The van der Waals surface area contributed by atoms with Gasteiger partial charge in [0.05, 0.1) is 5.56 Å². The van der Waals surface area contributed by atoms with Crippen molar-refractivity contribution in [3.8, 4) is 0 Å². The molecule has 0 unspecified atom stereocenters. The van der Waals surface area contributed by atoms with Crippen molar-refractivity contribution in [3.63, 3.8) is 0 Å². The number of benzene rings is 1. The fourth-order valence-electron chi connectivity index (χ4n) is 3.95. The summed E-state index contributed by atoms with van der Waals surface area (Å²) in [6.07, 6.45) is 5.65. The Labute approximate surface area is 161 Å². The lowest BCUT2D eigenvalue weighted by Crippen LogP contribution is -2.48. The van der Waals surface area contributed by atoms with E-state index >= 15 is 0 Å². The Hall–Kier alpha value is -1.51. The molecule has 0 N–H and O–H groups in total. The third kappa shape index (κ3) is 4.50. The van der Waals surface area contributed by atoms with Crippen molar-refractivity contribution in [1.29, 1.82) is 0 Å². The van der Waals surface area contributed by atoms with Crippen molar-refractivity contribution in [2.45, 2.75) is 44.6 Å². The summed E-state index contributed by atoms with van der Waals surface area (Å²) in [5, 5.41) is 0. The molecule has 6 nitrogen and oxygen atoms in total. The molecule has 1 saturated heterocycles. The third-order valence-electron chi connectivity index (χ3n) is 5.63. The van der Waals surface area contributed by atoms with Gasteiger partial charge in [0.2, 0.25) is 0 Å². The van der Waals surface area contributed by atoms with Crippen LogP contribution in [0.15, 0.2) is 24.3 Å². The zero-order valence-electron chi connectivity index (χ0n) is 15.8. The van der Waals surface area contributed by atoms with E-state index in [2.05, 4.69) is 0 Å². The molecular weight excluding hydrogens is 369 g/mol. The number of nitrogens with zero attached hydrogens (tertiary/aromatic N) is 3. The second-order valence-electron chi connectivity index (χ2n) is 7.34. The summed E-state index contributed by atoms with van der Waals surface area (Å²) in [4.78, 5) is 14.2. The van der Waals surface area contributed by atoms with Crippen LogP contribution >= 0.6 is 0 Å². The van der Waals surface area contributed by atoms with Crippen LogP contribution in [0.5, 0.6) is 0 Å². The van der Waals surface area contributed by atoms with E-state index in [-0.39, 0.29) is 30.6 Å². The first-order valence-corrected chi connectivity index (χ1v) is 11.1. The van der Waals surface area contributed by atoms with Gasteiger partial charge in [-0.15, -0.1) is 0 Å². The van der Waals surface area contributed by atoms with Gasteiger partial charge in [-0.2, -0.15) is 17.0 Å². The van der Waals surface area contributed by atoms with Gasteiger partial charge in [-0.05, 0) is 31.4 Å². The van der Waals surface area contributed by atoms with Crippen LogP contribution in [0.4, 0.5) is 4.39 Å². The van der Waals surface area contributed by atoms with Gasteiger partial charge in [-0.1, -0.05) is 31.4 Å². The van der Waals surface area contributed by atoms with E-state index in [4.69, 9.17) is 0 Å². The second-order valence-corrected chi connectivity index (χ2v) is 9.33. The zero-order valence-corrected chi connectivity index (χ0v) is 16.6. The molecule has 3 rings (SSSR count). The Bertz CT molecular complexity index is 765. The van der Waals surface area contributed by atoms with Crippen molar-refractivity contribution in [1.82, 2.24) is 13.5 Å². The van der Waals surface area contributed by atoms with Gasteiger partial charge in [0, 0.05) is 39.3 Å². The van der Waals surface area contributed by atoms with Crippen LogP contribution in [-0.4, -0.2) is 67.1 Å². The predicted octanol–water partition coefficient (Wildman–Crippen LogP) is 2.48. The largest absolute Gasteiger partial charge is 0.337 e. The predicted molar refractivity (Wildman–Crippen MR) is 102 cm³/mol. The van der Waals surface area contributed by atoms with Crippen LogP contribution in [0.3, 0.4) is 0 Å². The highest BCUT2D eigenvalue weighted by Crippen LogP contribution is 2.25. The topological polar surface area (TPSA) is 60.9 Å². The maximum Gasteiger partial charge on any atom is 0.282 e. The molecule has 0 radical (unpaired) electrons. The van der Waals surface area contributed by atoms with E-state index in [0.29, 0.717) is 19.5 Å². The minimum Gasteiger partial charge on any atom is -0.337 e. The maximum absolute atomic E-state index is 13.9. The summed E-state index contributed by atoms with van der Waals surface area (Å²) in [7, 11) is -1.89. The lowest BCUT2D eigenvalue weighted by Gasteiger charge is -2.34. The maximum atomic E-state index is 13.9. The third-order valence-corrected chi connectivity index (χ3v) is 7.67. The average Bonchev–Trinajstić information content (AvgIpc) is 2.95.